The van der Waals surface area contributed by atoms with Crippen molar-refractivity contribution in [2.24, 2.45) is 0 Å². The number of sulfonamides is 1. The number of nitrogens with zero attached hydrogens (tertiary/aromatic N) is 1. The SMILES string of the molecule is CCN(CC)S(=O)(=O)c1ccc(Oc2cc(C)ccc2C(C)C)c(NC(=O)COCCOC)c1. The molecule has 188 valence electrons. The molecular formula is C25H36N2O6S. The summed E-state index contributed by atoms with van der Waals surface area (Å²) in [6.07, 6.45) is 0. The molecule has 2 rings (SSSR count). The maximum atomic E-state index is 13.1. The third-order valence-corrected chi connectivity index (χ3v) is 7.29. The highest BCUT2D eigenvalue weighted by Crippen LogP contribution is 2.36. The van der Waals surface area contributed by atoms with Crippen LogP contribution in [0.3, 0.4) is 0 Å². The van der Waals surface area contributed by atoms with Crippen molar-refractivity contribution in [1.29, 1.82) is 0 Å². The number of carbonyl (C=O) groups is 1. The Hall–Kier alpha value is -2.46. The fraction of sp³-hybridized carbons (Fsp3) is 0.480. The number of anilines is 1. The topological polar surface area (TPSA) is 94.2 Å². The van der Waals surface area contributed by atoms with E-state index in [2.05, 4.69) is 19.2 Å². The van der Waals surface area contributed by atoms with E-state index in [-0.39, 0.29) is 29.7 Å². The first-order valence-electron chi connectivity index (χ1n) is 11.4. The van der Waals surface area contributed by atoms with Crippen LogP contribution >= 0.6 is 0 Å². The molecule has 0 atom stereocenters. The summed E-state index contributed by atoms with van der Waals surface area (Å²) in [6, 6.07) is 10.5. The van der Waals surface area contributed by atoms with Gasteiger partial charge in [0.25, 0.3) is 0 Å². The third kappa shape index (κ3) is 7.27. The van der Waals surface area contributed by atoms with Crippen molar-refractivity contribution < 1.29 is 27.4 Å². The van der Waals surface area contributed by atoms with Gasteiger partial charge in [0.1, 0.15) is 12.4 Å². The molecule has 0 aliphatic rings. The highest BCUT2D eigenvalue weighted by Gasteiger charge is 2.24. The van der Waals surface area contributed by atoms with Crippen LogP contribution in [0.5, 0.6) is 11.5 Å². The van der Waals surface area contributed by atoms with E-state index in [4.69, 9.17) is 14.2 Å². The highest BCUT2D eigenvalue weighted by atomic mass is 32.2. The Bertz CT molecular complexity index is 1070. The maximum absolute atomic E-state index is 13.1. The average molecular weight is 493 g/mol. The fourth-order valence-corrected chi connectivity index (χ4v) is 4.87. The van der Waals surface area contributed by atoms with E-state index in [0.717, 1.165) is 11.1 Å². The second-order valence-corrected chi connectivity index (χ2v) is 10.1. The van der Waals surface area contributed by atoms with E-state index in [1.807, 2.05) is 25.1 Å². The number of carbonyl (C=O) groups excluding carboxylic acids is 1. The van der Waals surface area contributed by atoms with Gasteiger partial charge in [0.15, 0.2) is 5.75 Å². The number of hydrogen-bond acceptors (Lipinski definition) is 6. The van der Waals surface area contributed by atoms with Gasteiger partial charge in [-0.25, -0.2) is 8.42 Å². The second-order valence-electron chi connectivity index (χ2n) is 8.14. The summed E-state index contributed by atoms with van der Waals surface area (Å²) in [4.78, 5) is 12.6. The molecule has 0 aliphatic carbocycles. The summed E-state index contributed by atoms with van der Waals surface area (Å²) in [5.41, 5.74) is 2.28. The Morgan fingerprint density at radius 3 is 2.35 bits per heavy atom. The summed E-state index contributed by atoms with van der Waals surface area (Å²) in [6.45, 7) is 10.8. The minimum absolute atomic E-state index is 0.0764. The van der Waals surface area contributed by atoms with Gasteiger partial charge >= 0.3 is 0 Å². The molecule has 0 bridgehead atoms. The molecule has 9 heteroatoms. The molecule has 0 spiro atoms. The first kappa shape index (κ1) is 27.8. The normalized spacial score (nSPS) is 11.8. The lowest BCUT2D eigenvalue weighted by atomic mass is 10.0. The summed E-state index contributed by atoms with van der Waals surface area (Å²) in [5, 5.41) is 2.75. The largest absolute Gasteiger partial charge is 0.455 e. The van der Waals surface area contributed by atoms with Crippen molar-refractivity contribution in [2.75, 3.05) is 45.3 Å². The van der Waals surface area contributed by atoms with Gasteiger partial charge in [-0.3, -0.25) is 4.79 Å². The standard InChI is InChI=1S/C25H36N2O6S/c1-7-27(8-2)34(29,30)20-10-12-23(22(16-20)26-25(28)17-32-14-13-31-6)33-24-15-19(5)9-11-21(24)18(3)4/h9-12,15-16,18H,7-8,13-14,17H2,1-6H3,(H,26,28). The van der Waals surface area contributed by atoms with Crippen LogP contribution in [-0.4, -0.2) is 58.7 Å². The first-order chi connectivity index (χ1) is 16.1. The van der Waals surface area contributed by atoms with Gasteiger partial charge in [0.2, 0.25) is 15.9 Å². The fourth-order valence-electron chi connectivity index (χ4n) is 3.39. The molecule has 0 aliphatic heterocycles. The molecule has 1 N–H and O–H groups in total. The predicted molar refractivity (Wildman–Crippen MR) is 133 cm³/mol. The number of methoxy groups -OCH3 is 1. The van der Waals surface area contributed by atoms with E-state index < -0.39 is 15.9 Å². The first-order valence-corrected chi connectivity index (χ1v) is 12.9. The third-order valence-electron chi connectivity index (χ3n) is 5.24. The van der Waals surface area contributed by atoms with Crippen LogP contribution < -0.4 is 10.1 Å². The molecule has 0 saturated carbocycles. The van der Waals surface area contributed by atoms with Crippen molar-refractivity contribution in [3.63, 3.8) is 0 Å². The van der Waals surface area contributed by atoms with Gasteiger partial charge in [-0.05, 0) is 48.2 Å². The maximum Gasteiger partial charge on any atom is 0.250 e. The summed E-state index contributed by atoms with van der Waals surface area (Å²) >= 11 is 0. The van der Waals surface area contributed by atoms with E-state index >= 15 is 0 Å². The molecule has 2 aromatic rings. The van der Waals surface area contributed by atoms with Crippen LogP contribution in [0.1, 0.15) is 44.7 Å². The molecule has 0 aromatic heterocycles. The van der Waals surface area contributed by atoms with Crippen molar-refractivity contribution in [3.8, 4) is 11.5 Å². The minimum Gasteiger partial charge on any atom is -0.455 e. The van der Waals surface area contributed by atoms with Crippen molar-refractivity contribution in [2.45, 2.75) is 45.4 Å². The molecule has 34 heavy (non-hydrogen) atoms. The summed E-state index contributed by atoms with van der Waals surface area (Å²) in [5.74, 6) is 0.786. The molecule has 1 amide bonds. The van der Waals surface area contributed by atoms with Crippen LogP contribution in [0.4, 0.5) is 5.69 Å². The van der Waals surface area contributed by atoms with Crippen LogP contribution in [0.15, 0.2) is 41.3 Å². The molecule has 0 radical (unpaired) electrons. The van der Waals surface area contributed by atoms with Crippen molar-refractivity contribution >= 4 is 21.6 Å². The van der Waals surface area contributed by atoms with Gasteiger partial charge in [-0.15, -0.1) is 0 Å². The lowest BCUT2D eigenvalue weighted by Gasteiger charge is -2.21. The molecule has 2 aromatic carbocycles. The Morgan fingerprint density at radius 2 is 1.74 bits per heavy atom. The van der Waals surface area contributed by atoms with Gasteiger partial charge in [-0.1, -0.05) is 39.8 Å². The monoisotopic (exact) mass is 492 g/mol. The van der Waals surface area contributed by atoms with Crippen LogP contribution in [-0.2, 0) is 24.3 Å². The molecule has 0 unspecified atom stereocenters. The van der Waals surface area contributed by atoms with Crippen molar-refractivity contribution in [3.05, 3.63) is 47.5 Å². The lowest BCUT2D eigenvalue weighted by molar-refractivity contribution is -0.121. The number of nitrogens with one attached hydrogen (secondary N) is 1. The van der Waals surface area contributed by atoms with Gasteiger partial charge in [0, 0.05) is 20.2 Å². The Balaban J connectivity index is 2.45. The zero-order valence-corrected chi connectivity index (χ0v) is 21.7. The smallest absolute Gasteiger partial charge is 0.250 e. The van der Waals surface area contributed by atoms with Gasteiger partial charge < -0.3 is 19.5 Å². The molecule has 0 heterocycles. The van der Waals surface area contributed by atoms with E-state index in [0.29, 0.717) is 31.2 Å². The Labute approximate surface area is 203 Å². The average Bonchev–Trinajstić information content (AvgIpc) is 2.78. The van der Waals surface area contributed by atoms with Crippen LogP contribution in [0, 0.1) is 6.92 Å². The Kier molecular flexibility index (Phi) is 10.5. The lowest BCUT2D eigenvalue weighted by Crippen LogP contribution is -2.30. The number of aryl methyl sites for hydroxylation is 1. The number of rotatable bonds is 13. The number of amides is 1. The predicted octanol–water partition coefficient (Wildman–Crippen LogP) is 4.54. The Morgan fingerprint density at radius 1 is 1.03 bits per heavy atom. The summed E-state index contributed by atoms with van der Waals surface area (Å²) < 4.78 is 43.9. The molecule has 8 nitrogen and oxygen atoms in total. The van der Waals surface area contributed by atoms with E-state index in [1.54, 1.807) is 27.0 Å². The van der Waals surface area contributed by atoms with Crippen molar-refractivity contribution in [1.82, 2.24) is 4.31 Å². The second kappa shape index (κ2) is 12.9. The zero-order chi connectivity index (χ0) is 25.3. The molecule has 0 fully saturated rings. The van der Waals surface area contributed by atoms with E-state index in [9.17, 15) is 13.2 Å². The van der Waals surface area contributed by atoms with Gasteiger partial charge in [0.05, 0.1) is 23.8 Å². The van der Waals surface area contributed by atoms with E-state index in [1.165, 1.54) is 16.4 Å². The minimum atomic E-state index is -3.72. The molecular weight excluding hydrogens is 456 g/mol. The number of hydrogen-bond donors (Lipinski definition) is 1. The molecule has 0 saturated heterocycles. The summed E-state index contributed by atoms with van der Waals surface area (Å²) in [7, 11) is -2.18. The number of ether oxygens (including phenoxy) is 3. The zero-order valence-electron chi connectivity index (χ0n) is 20.9. The highest BCUT2D eigenvalue weighted by molar-refractivity contribution is 7.89. The van der Waals surface area contributed by atoms with Crippen LogP contribution in [0.25, 0.3) is 0 Å². The van der Waals surface area contributed by atoms with Crippen LogP contribution in [0.2, 0.25) is 0 Å². The quantitative estimate of drug-likeness (QED) is 0.413. The number of benzene rings is 2. The van der Waals surface area contributed by atoms with Gasteiger partial charge in [-0.2, -0.15) is 4.31 Å².